The lowest BCUT2D eigenvalue weighted by Crippen LogP contribution is -2.37. The Labute approximate surface area is 380 Å². The van der Waals surface area contributed by atoms with Gasteiger partial charge in [0.2, 0.25) is 0 Å². The summed E-state index contributed by atoms with van der Waals surface area (Å²) in [5.41, 5.74) is 23.1. The Kier molecular flexibility index (Phi) is 7.61. The molecule has 3 aromatic heterocycles. The Balaban J connectivity index is 1.13. The number of hydrogen-bond acceptors (Lipinski definition) is 3. The van der Waals surface area contributed by atoms with Crippen molar-refractivity contribution < 1.29 is 8.83 Å². The van der Waals surface area contributed by atoms with Gasteiger partial charge in [-0.15, -0.1) is 0 Å². The molecule has 2 aliphatic rings. The van der Waals surface area contributed by atoms with Crippen LogP contribution in [0.1, 0.15) is 83.2 Å². The number of hydrogen-bond donors (Lipinski definition) is 1. The van der Waals surface area contributed by atoms with Crippen molar-refractivity contribution in [2.45, 2.75) is 78.6 Å². The van der Waals surface area contributed by atoms with Crippen molar-refractivity contribution in [3.63, 3.8) is 0 Å². The van der Waals surface area contributed by atoms with Gasteiger partial charge in [-0.3, -0.25) is 0 Å². The Bertz CT molecular complexity index is 3880. The number of nitrogens with zero attached hydrogens (tertiary/aromatic N) is 1. The molecule has 11 aromatic rings. The average molecular weight is 842 g/mol. The van der Waals surface area contributed by atoms with Gasteiger partial charge in [0.25, 0.3) is 0 Å². The molecule has 1 aliphatic carbocycles. The minimum Gasteiger partial charge on any atom is -0.456 e. The number of rotatable bonds is 3. The molecule has 8 aromatic carbocycles. The second-order valence-corrected chi connectivity index (χ2v) is 21.4. The summed E-state index contributed by atoms with van der Waals surface area (Å²) in [6.45, 7) is 20.8. The number of nitrogens with one attached hydrogen (secondary N) is 1. The molecular weight excluding hydrogens is 791 g/mol. The summed E-state index contributed by atoms with van der Waals surface area (Å²) < 4.78 is 15.7. The minimum atomic E-state index is -0.183. The van der Waals surface area contributed by atoms with E-state index in [1.807, 2.05) is 6.07 Å². The van der Waals surface area contributed by atoms with Gasteiger partial charge >= 0.3 is 0 Å². The van der Waals surface area contributed by atoms with E-state index in [0.717, 1.165) is 71.9 Å². The third kappa shape index (κ3) is 5.45. The lowest BCUT2D eigenvalue weighted by Gasteiger charge is -2.26. The highest BCUT2D eigenvalue weighted by molar-refractivity contribution is 6.74. The molecule has 0 bridgehead atoms. The van der Waals surface area contributed by atoms with Crippen LogP contribution in [0, 0.1) is 6.92 Å². The quantitative estimate of drug-likeness (QED) is 0.180. The highest BCUT2D eigenvalue weighted by Gasteiger charge is 2.38. The normalized spacial score (nSPS) is 14.2. The summed E-state index contributed by atoms with van der Waals surface area (Å²) in [5, 5.41) is 10.9. The van der Waals surface area contributed by atoms with Crippen molar-refractivity contribution in [1.82, 2.24) is 4.57 Å². The van der Waals surface area contributed by atoms with Gasteiger partial charge in [-0.05, 0) is 116 Å². The van der Waals surface area contributed by atoms with Gasteiger partial charge in [0.05, 0.1) is 5.52 Å². The number of para-hydroxylation sites is 2. The summed E-state index contributed by atoms with van der Waals surface area (Å²) in [5.74, 6) is 0. The SMILES string of the molecule is Cc1cc(-c2cc3c(cc2Nc2ccc(C(C)(C)C)cc2)C(C)(C)c2ccc(C(C)(C)C)cc2-3)c2c3c1c1cc4oc5ccccc5c4cc1n3-c1cc3oc4ccccc4c3cc1[B]2. The maximum atomic E-state index is 6.59. The van der Waals surface area contributed by atoms with Gasteiger partial charge in [-0.25, -0.2) is 0 Å². The van der Waals surface area contributed by atoms with E-state index >= 15 is 0 Å². The molecule has 315 valence electrons. The molecular formula is C60H50BN2O2. The standard InChI is InChI=1S/C60H50BN2O2/c1-32-24-43(40-26-39-38-25-34(59(5,6)7)20-23-45(38)60(8,9)46(39)30-48(40)62-35-21-18-33(19-22-35)58(2,3)4)56-57-55(32)44-29-53-42(37-15-11-13-17-52(37)64-53)28-49(44)63(57)50-31-54-41(27-47(50)61-56)36-14-10-12-16-51(36)65-54/h10-31,62H,1-9H3. The zero-order chi connectivity index (χ0) is 44.5. The first-order valence-corrected chi connectivity index (χ1v) is 23.1. The molecule has 0 saturated heterocycles. The monoisotopic (exact) mass is 841 g/mol. The molecule has 0 atom stereocenters. The summed E-state index contributed by atoms with van der Waals surface area (Å²) in [4.78, 5) is 0. The van der Waals surface area contributed by atoms with Gasteiger partial charge in [0, 0.05) is 71.9 Å². The van der Waals surface area contributed by atoms with Crippen LogP contribution in [-0.2, 0) is 16.2 Å². The fourth-order valence-corrected chi connectivity index (χ4v) is 11.3. The van der Waals surface area contributed by atoms with Gasteiger partial charge in [-0.1, -0.05) is 140 Å². The van der Waals surface area contributed by atoms with Crippen LogP contribution in [0.15, 0.2) is 142 Å². The van der Waals surface area contributed by atoms with Crippen molar-refractivity contribution >= 4 is 95.3 Å². The van der Waals surface area contributed by atoms with Gasteiger partial charge in [0.15, 0.2) is 7.28 Å². The Morgan fingerprint density at radius 1 is 0.538 bits per heavy atom. The van der Waals surface area contributed by atoms with Gasteiger partial charge in [0.1, 0.15) is 22.3 Å². The molecule has 0 amide bonds. The lowest BCUT2D eigenvalue weighted by atomic mass is 9.58. The molecule has 1 radical (unpaired) electrons. The van der Waals surface area contributed by atoms with Crippen LogP contribution in [0.25, 0.3) is 93.6 Å². The van der Waals surface area contributed by atoms with E-state index in [2.05, 4.69) is 207 Å². The molecule has 0 spiro atoms. The first-order chi connectivity index (χ1) is 31.1. The summed E-state index contributed by atoms with van der Waals surface area (Å²) >= 11 is 0. The van der Waals surface area contributed by atoms with E-state index in [0.29, 0.717) is 0 Å². The predicted molar refractivity (Wildman–Crippen MR) is 275 cm³/mol. The number of furan rings is 2. The Morgan fingerprint density at radius 3 is 1.86 bits per heavy atom. The molecule has 5 heteroatoms. The number of aryl methyl sites for hydroxylation is 1. The second kappa shape index (κ2) is 12.8. The Morgan fingerprint density at radius 2 is 1.17 bits per heavy atom. The van der Waals surface area contributed by atoms with E-state index in [-0.39, 0.29) is 16.2 Å². The van der Waals surface area contributed by atoms with Crippen molar-refractivity contribution in [3.05, 3.63) is 161 Å². The molecule has 13 rings (SSSR count). The van der Waals surface area contributed by atoms with Crippen LogP contribution in [-0.4, -0.2) is 11.8 Å². The minimum absolute atomic E-state index is 0.0204. The molecule has 1 aliphatic heterocycles. The summed E-state index contributed by atoms with van der Waals surface area (Å²) in [6.07, 6.45) is 0. The largest absolute Gasteiger partial charge is 0.456 e. The third-order valence-corrected chi connectivity index (χ3v) is 14.8. The van der Waals surface area contributed by atoms with Crippen molar-refractivity contribution in [2.24, 2.45) is 0 Å². The van der Waals surface area contributed by atoms with E-state index < -0.39 is 0 Å². The number of anilines is 2. The molecule has 4 heterocycles. The first-order valence-electron chi connectivity index (χ1n) is 23.1. The van der Waals surface area contributed by atoms with E-state index in [9.17, 15) is 0 Å². The topological polar surface area (TPSA) is 43.2 Å². The zero-order valence-electron chi connectivity index (χ0n) is 38.5. The molecule has 65 heavy (non-hydrogen) atoms. The molecule has 0 unspecified atom stereocenters. The van der Waals surface area contributed by atoms with E-state index in [1.54, 1.807) is 0 Å². The highest BCUT2D eigenvalue weighted by Crippen LogP contribution is 2.53. The maximum Gasteiger partial charge on any atom is 0.197 e. The van der Waals surface area contributed by atoms with Crippen molar-refractivity contribution in [3.8, 4) is 27.9 Å². The fraction of sp³-hybridized carbons (Fsp3) is 0.200. The highest BCUT2D eigenvalue weighted by atomic mass is 16.3. The van der Waals surface area contributed by atoms with Crippen molar-refractivity contribution in [1.29, 1.82) is 0 Å². The first kappa shape index (κ1) is 38.5. The maximum absolute atomic E-state index is 6.59. The molecule has 0 saturated carbocycles. The van der Waals surface area contributed by atoms with Crippen molar-refractivity contribution in [2.75, 3.05) is 5.32 Å². The zero-order valence-corrected chi connectivity index (χ0v) is 38.5. The van der Waals surface area contributed by atoms with Crippen LogP contribution in [0.3, 0.4) is 0 Å². The lowest BCUT2D eigenvalue weighted by molar-refractivity contribution is 0.589. The molecule has 1 N–H and O–H groups in total. The smallest absolute Gasteiger partial charge is 0.197 e. The third-order valence-electron chi connectivity index (χ3n) is 14.8. The Hall–Kier alpha value is -6.98. The molecule has 0 fully saturated rings. The number of benzene rings is 8. The fourth-order valence-electron chi connectivity index (χ4n) is 11.3. The predicted octanol–water partition coefficient (Wildman–Crippen LogP) is 15.2. The molecule has 4 nitrogen and oxygen atoms in total. The van der Waals surface area contributed by atoms with Crippen LogP contribution in [0.2, 0.25) is 0 Å². The second-order valence-electron chi connectivity index (χ2n) is 21.4. The number of fused-ring (bicyclic) bond motifs is 14. The van der Waals surface area contributed by atoms with E-state index in [4.69, 9.17) is 8.83 Å². The van der Waals surface area contributed by atoms with E-state index in [1.165, 1.54) is 71.8 Å². The van der Waals surface area contributed by atoms with Crippen LogP contribution in [0.4, 0.5) is 11.4 Å². The van der Waals surface area contributed by atoms with Crippen LogP contribution >= 0.6 is 0 Å². The van der Waals surface area contributed by atoms with Gasteiger partial charge < -0.3 is 18.7 Å². The summed E-state index contributed by atoms with van der Waals surface area (Å²) in [7, 11) is 2.44. The van der Waals surface area contributed by atoms with Crippen LogP contribution < -0.4 is 16.2 Å². The average Bonchev–Trinajstić information content (AvgIpc) is 3.99. The number of aromatic nitrogens is 1. The summed E-state index contributed by atoms with van der Waals surface area (Å²) in [6, 6.07) is 49.6. The van der Waals surface area contributed by atoms with Gasteiger partial charge in [-0.2, -0.15) is 0 Å². The van der Waals surface area contributed by atoms with Crippen LogP contribution in [0.5, 0.6) is 0 Å².